The number of hydrogen-bond donors (Lipinski definition) is 0. The molecular formula is C75H50N2O. The molecule has 0 amide bonds. The van der Waals surface area contributed by atoms with Gasteiger partial charge in [0.05, 0.1) is 5.41 Å². The zero-order valence-corrected chi connectivity index (χ0v) is 42.7. The molecule has 1 aromatic heterocycles. The lowest BCUT2D eigenvalue weighted by atomic mass is 9.67. The van der Waals surface area contributed by atoms with Crippen molar-refractivity contribution in [3.8, 4) is 33.4 Å². The molecule has 78 heavy (non-hydrogen) atoms. The first-order valence-electron chi connectivity index (χ1n) is 26.8. The van der Waals surface area contributed by atoms with E-state index in [2.05, 4.69) is 307 Å². The van der Waals surface area contributed by atoms with Crippen molar-refractivity contribution in [2.45, 2.75) is 5.41 Å². The summed E-state index contributed by atoms with van der Waals surface area (Å²) in [7, 11) is 0. The van der Waals surface area contributed by atoms with Crippen LogP contribution in [0.1, 0.15) is 22.3 Å². The molecule has 1 aliphatic carbocycles. The fraction of sp³-hybridized carbons (Fsp3) is 0.0133. The highest BCUT2D eigenvalue weighted by molar-refractivity contribution is 6.07. The second-order valence-corrected chi connectivity index (χ2v) is 20.5. The summed E-state index contributed by atoms with van der Waals surface area (Å²) in [6.07, 6.45) is 0. The van der Waals surface area contributed by atoms with E-state index in [-0.39, 0.29) is 0 Å². The third kappa shape index (κ3) is 7.51. The molecule has 0 fully saturated rings. The lowest BCUT2D eigenvalue weighted by molar-refractivity contribution is 0.669. The number of fused-ring (bicyclic) bond motifs is 8. The maximum Gasteiger partial charge on any atom is 0.135 e. The summed E-state index contributed by atoms with van der Waals surface area (Å²) in [5, 5.41) is 6.98. The molecule has 13 aromatic carbocycles. The molecule has 0 saturated heterocycles. The molecule has 0 N–H and O–H groups in total. The summed E-state index contributed by atoms with van der Waals surface area (Å²) < 4.78 is 6.46. The minimum atomic E-state index is -0.607. The van der Waals surface area contributed by atoms with E-state index in [9.17, 15) is 0 Å². The van der Waals surface area contributed by atoms with E-state index < -0.39 is 5.41 Å². The Hall–Kier alpha value is -10.2. The van der Waals surface area contributed by atoms with Crippen LogP contribution in [-0.4, -0.2) is 0 Å². The first-order valence-corrected chi connectivity index (χ1v) is 26.8. The van der Waals surface area contributed by atoms with Gasteiger partial charge < -0.3 is 14.2 Å². The van der Waals surface area contributed by atoms with E-state index >= 15 is 0 Å². The van der Waals surface area contributed by atoms with Crippen molar-refractivity contribution in [1.82, 2.24) is 0 Å². The Labute approximate surface area is 453 Å². The maximum absolute atomic E-state index is 6.46. The van der Waals surface area contributed by atoms with Gasteiger partial charge in [0, 0.05) is 44.9 Å². The van der Waals surface area contributed by atoms with E-state index in [0.717, 1.165) is 72.8 Å². The summed E-state index contributed by atoms with van der Waals surface area (Å²) in [6.45, 7) is 0. The normalized spacial score (nSPS) is 12.5. The molecular weight excluding hydrogens is 945 g/mol. The SMILES string of the molecule is c1ccc(-c2ccc(N(c3cc(-c4ccc5c(c4)C(c4ccccc4)(c4ccccc4)c4cc6ccccc6cc4-5)cc(N(c4ccccc4)c4ccc5ccccc5c4)c3)c3ccc4oc5ccccc5c4c3)cc2)cc1. The highest BCUT2D eigenvalue weighted by Gasteiger charge is 2.46. The van der Waals surface area contributed by atoms with Gasteiger partial charge in [0.1, 0.15) is 11.2 Å². The molecule has 14 aromatic rings. The van der Waals surface area contributed by atoms with Crippen molar-refractivity contribution in [1.29, 1.82) is 0 Å². The molecule has 0 unspecified atom stereocenters. The number of furan rings is 1. The van der Waals surface area contributed by atoms with Crippen molar-refractivity contribution in [2.75, 3.05) is 9.80 Å². The van der Waals surface area contributed by atoms with E-state index in [4.69, 9.17) is 4.42 Å². The van der Waals surface area contributed by atoms with E-state index in [1.165, 1.54) is 60.5 Å². The Balaban J connectivity index is 1.01. The molecule has 0 atom stereocenters. The fourth-order valence-electron chi connectivity index (χ4n) is 12.4. The van der Waals surface area contributed by atoms with Gasteiger partial charge >= 0.3 is 0 Å². The maximum atomic E-state index is 6.46. The predicted octanol–water partition coefficient (Wildman–Crippen LogP) is 20.5. The summed E-state index contributed by atoms with van der Waals surface area (Å²) in [5.74, 6) is 0. The van der Waals surface area contributed by atoms with Crippen molar-refractivity contribution in [2.24, 2.45) is 0 Å². The predicted molar refractivity (Wildman–Crippen MR) is 326 cm³/mol. The lowest BCUT2D eigenvalue weighted by Crippen LogP contribution is -2.28. The average Bonchev–Trinajstić information content (AvgIpc) is 4.23. The van der Waals surface area contributed by atoms with Gasteiger partial charge in [0.15, 0.2) is 0 Å². The number of para-hydroxylation sites is 2. The van der Waals surface area contributed by atoms with E-state index in [1.807, 2.05) is 6.07 Å². The molecule has 3 heteroatoms. The highest BCUT2D eigenvalue weighted by atomic mass is 16.3. The van der Waals surface area contributed by atoms with Gasteiger partial charge in [-0.05, 0) is 174 Å². The second-order valence-electron chi connectivity index (χ2n) is 20.5. The quantitative estimate of drug-likeness (QED) is 0.136. The van der Waals surface area contributed by atoms with Crippen LogP contribution >= 0.6 is 0 Å². The average molecular weight is 995 g/mol. The lowest BCUT2D eigenvalue weighted by Gasteiger charge is -2.34. The van der Waals surface area contributed by atoms with Crippen LogP contribution in [-0.2, 0) is 5.41 Å². The molecule has 1 heterocycles. The number of rotatable bonds is 10. The van der Waals surface area contributed by atoms with Crippen LogP contribution in [0.25, 0.3) is 76.9 Å². The van der Waals surface area contributed by atoms with Gasteiger partial charge in [-0.15, -0.1) is 0 Å². The van der Waals surface area contributed by atoms with E-state index in [0.29, 0.717) is 0 Å². The summed E-state index contributed by atoms with van der Waals surface area (Å²) in [6, 6.07) is 111. The van der Waals surface area contributed by atoms with Crippen LogP contribution < -0.4 is 9.80 Å². The molecule has 1 aliphatic rings. The van der Waals surface area contributed by atoms with Crippen LogP contribution in [0, 0.1) is 0 Å². The molecule has 15 rings (SSSR count). The Morgan fingerprint density at radius 3 is 1.42 bits per heavy atom. The number of anilines is 6. The molecule has 0 saturated carbocycles. The number of hydrogen-bond acceptors (Lipinski definition) is 3. The zero-order chi connectivity index (χ0) is 51.6. The van der Waals surface area contributed by atoms with Gasteiger partial charge in [-0.1, -0.05) is 206 Å². The van der Waals surface area contributed by atoms with Crippen molar-refractivity contribution < 1.29 is 4.42 Å². The van der Waals surface area contributed by atoms with Crippen LogP contribution in [0.2, 0.25) is 0 Å². The van der Waals surface area contributed by atoms with Crippen LogP contribution in [0.4, 0.5) is 34.1 Å². The molecule has 0 spiro atoms. The summed E-state index contributed by atoms with van der Waals surface area (Å²) in [5.41, 5.74) is 19.4. The Morgan fingerprint density at radius 2 is 0.731 bits per heavy atom. The van der Waals surface area contributed by atoms with Gasteiger partial charge in [0.2, 0.25) is 0 Å². The van der Waals surface area contributed by atoms with Crippen LogP contribution in [0.15, 0.2) is 308 Å². The second kappa shape index (κ2) is 18.6. The minimum Gasteiger partial charge on any atom is -0.456 e. The van der Waals surface area contributed by atoms with Crippen molar-refractivity contribution in [3.63, 3.8) is 0 Å². The first kappa shape index (κ1) is 45.2. The van der Waals surface area contributed by atoms with Crippen molar-refractivity contribution in [3.05, 3.63) is 326 Å². The van der Waals surface area contributed by atoms with Crippen LogP contribution in [0.5, 0.6) is 0 Å². The summed E-state index contributed by atoms with van der Waals surface area (Å²) in [4.78, 5) is 4.83. The van der Waals surface area contributed by atoms with E-state index in [1.54, 1.807) is 0 Å². The molecule has 3 nitrogen and oxygen atoms in total. The Bertz CT molecular complexity index is 4510. The largest absolute Gasteiger partial charge is 0.456 e. The topological polar surface area (TPSA) is 19.6 Å². The minimum absolute atomic E-state index is 0.607. The third-order valence-electron chi connectivity index (χ3n) is 16.0. The third-order valence-corrected chi connectivity index (χ3v) is 16.0. The smallest absolute Gasteiger partial charge is 0.135 e. The van der Waals surface area contributed by atoms with Gasteiger partial charge in [-0.25, -0.2) is 0 Å². The monoisotopic (exact) mass is 994 g/mol. The standard InChI is InChI=1S/C75H50N2O/c1-5-19-51(20-6-1)53-33-37-62(38-34-53)77(64-40-42-74-70(50-64)68-31-17-18-32-73(68)78-74)66-45-58(44-65(49-66)76(61-29-11-4-12-30-61)63-39-35-52-21-13-14-22-54(52)43-63)57-36-41-67-69-46-55-23-15-16-24-56(55)47-72(69)75(71(67)48-57,59-25-7-2-8-26-59)60-27-9-3-10-28-60/h1-50H. The van der Waals surface area contributed by atoms with Gasteiger partial charge in [-0.3, -0.25) is 0 Å². The molecule has 0 bridgehead atoms. The molecule has 0 aliphatic heterocycles. The Morgan fingerprint density at radius 1 is 0.244 bits per heavy atom. The van der Waals surface area contributed by atoms with Crippen LogP contribution in [0.3, 0.4) is 0 Å². The Kier molecular flexibility index (Phi) is 10.8. The summed E-state index contributed by atoms with van der Waals surface area (Å²) >= 11 is 0. The van der Waals surface area contributed by atoms with Gasteiger partial charge in [-0.2, -0.15) is 0 Å². The fourth-order valence-corrected chi connectivity index (χ4v) is 12.4. The van der Waals surface area contributed by atoms with Gasteiger partial charge in [0.25, 0.3) is 0 Å². The molecule has 0 radical (unpaired) electrons. The first-order chi connectivity index (χ1) is 38.6. The molecule has 366 valence electrons. The highest BCUT2D eigenvalue weighted by Crippen LogP contribution is 2.58. The zero-order valence-electron chi connectivity index (χ0n) is 42.7. The number of benzene rings is 13. The number of nitrogens with zero attached hydrogens (tertiary/aromatic N) is 2. The van der Waals surface area contributed by atoms with Crippen molar-refractivity contribution >= 4 is 77.6 Å².